The Kier molecular flexibility index (Phi) is 7.65. The number of carbonyl (C=O) groups is 1. The molecule has 19 heavy (non-hydrogen) atoms. The number of ether oxygens (including phenoxy) is 1. The Balaban J connectivity index is 4.77. The van der Waals surface area contributed by atoms with E-state index in [1.165, 1.54) is 0 Å². The summed E-state index contributed by atoms with van der Waals surface area (Å²) in [6, 6.07) is 0. The number of hydrogen-bond donors (Lipinski definition) is 1. The predicted octanol–water partition coefficient (Wildman–Crippen LogP) is 3.76. The molecular formula is C16H33NO2. The molecule has 0 aromatic carbocycles. The maximum absolute atomic E-state index is 12.3. The molecule has 0 amide bonds. The van der Waals surface area contributed by atoms with Crippen LogP contribution in [-0.4, -0.2) is 19.1 Å². The van der Waals surface area contributed by atoms with Gasteiger partial charge in [-0.1, -0.05) is 41.0 Å². The molecule has 0 aliphatic rings. The second-order valence-electron chi connectivity index (χ2n) is 7.22. The maximum Gasteiger partial charge on any atom is 0.313 e. The lowest BCUT2D eigenvalue weighted by Crippen LogP contribution is -2.41. The smallest absolute Gasteiger partial charge is 0.313 e. The van der Waals surface area contributed by atoms with Gasteiger partial charge in [-0.2, -0.15) is 0 Å². The summed E-state index contributed by atoms with van der Waals surface area (Å²) in [6.45, 7) is 13.6. The number of hydrogen-bond acceptors (Lipinski definition) is 3. The van der Waals surface area contributed by atoms with Crippen LogP contribution >= 0.6 is 0 Å². The third-order valence-corrected chi connectivity index (χ3v) is 3.48. The average Bonchev–Trinajstić information content (AvgIpc) is 2.25. The Bertz CT molecular complexity index is 268. The second kappa shape index (κ2) is 7.88. The molecule has 0 rings (SSSR count). The van der Waals surface area contributed by atoms with Crippen LogP contribution in [0.2, 0.25) is 0 Å². The van der Waals surface area contributed by atoms with E-state index in [-0.39, 0.29) is 5.97 Å². The van der Waals surface area contributed by atoms with Gasteiger partial charge < -0.3 is 10.5 Å². The van der Waals surface area contributed by atoms with Crippen molar-refractivity contribution in [1.82, 2.24) is 0 Å². The topological polar surface area (TPSA) is 52.3 Å². The fourth-order valence-electron chi connectivity index (χ4n) is 2.58. The minimum Gasteiger partial charge on any atom is -0.466 e. The summed E-state index contributed by atoms with van der Waals surface area (Å²) >= 11 is 0. The molecule has 0 fully saturated rings. The quantitative estimate of drug-likeness (QED) is 0.684. The lowest BCUT2D eigenvalue weighted by Gasteiger charge is -2.32. The van der Waals surface area contributed by atoms with Gasteiger partial charge in [0.1, 0.15) is 0 Å². The van der Waals surface area contributed by atoms with Crippen LogP contribution in [0.25, 0.3) is 0 Å². The number of rotatable bonds is 8. The zero-order valence-corrected chi connectivity index (χ0v) is 13.7. The third-order valence-electron chi connectivity index (χ3n) is 3.48. The summed E-state index contributed by atoms with van der Waals surface area (Å²) in [5.41, 5.74) is 5.74. The van der Waals surface area contributed by atoms with E-state index in [1.54, 1.807) is 0 Å². The highest BCUT2D eigenvalue weighted by atomic mass is 16.5. The Morgan fingerprint density at radius 2 is 1.79 bits per heavy atom. The lowest BCUT2D eigenvalue weighted by molar-refractivity contribution is -0.156. The first kappa shape index (κ1) is 18.4. The first-order valence-electron chi connectivity index (χ1n) is 7.54. The molecule has 2 N–H and O–H groups in total. The van der Waals surface area contributed by atoms with Crippen LogP contribution in [-0.2, 0) is 9.53 Å². The summed E-state index contributed by atoms with van der Waals surface area (Å²) in [7, 11) is 0. The van der Waals surface area contributed by atoms with Crippen molar-refractivity contribution in [2.45, 2.75) is 67.2 Å². The van der Waals surface area contributed by atoms with Crippen LogP contribution < -0.4 is 5.73 Å². The first-order valence-corrected chi connectivity index (χ1v) is 7.54. The summed E-state index contributed by atoms with van der Waals surface area (Å²) in [5, 5.41) is 0. The van der Waals surface area contributed by atoms with Gasteiger partial charge in [0.05, 0.1) is 12.0 Å². The van der Waals surface area contributed by atoms with E-state index in [9.17, 15) is 4.79 Å². The fraction of sp³-hybridized carbons (Fsp3) is 0.938. The Hall–Kier alpha value is -0.570. The van der Waals surface area contributed by atoms with Crippen molar-refractivity contribution in [1.29, 1.82) is 0 Å². The molecule has 0 bridgehead atoms. The lowest BCUT2D eigenvalue weighted by atomic mass is 9.74. The van der Waals surface area contributed by atoms with Gasteiger partial charge in [0, 0.05) is 6.54 Å². The van der Waals surface area contributed by atoms with E-state index in [2.05, 4.69) is 34.6 Å². The highest BCUT2D eigenvalue weighted by Crippen LogP contribution is 2.35. The van der Waals surface area contributed by atoms with E-state index in [1.807, 2.05) is 6.92 Å². The molecule has 1 atom stereocenters. The van der Waals surface area contributed by atoms with Crippen molar-refractivity contribution in [3.8, 4) is 0 Å². The van der Waals surface area contributed by atoms with Crippen molar-refractivity contribution >= 4 is 5.97 Å². The summed E-state index contributed by atoms with van der Waals surface area (Å²) in [5.74, 6) is 0.336. The van der Waals surface area contributed by atoms with Crippen LogP contribution in [0.1, 0.15) is 67.2 Å². The summed E-state index contributed by atoms with van der Waals surface area (Å²) in [4.78, 5) is 12.3. The molecule has 0 heterocycles. The van der Waals surface area contributed by atoms with Crippen molar-refractivity contribution in [3.05, 3.63) is 0 Å². The van der Waals surface area contributed by atoms with E-state index in [0.29, 0.717) is 24.5 Å². The van der Waals surface area contributed by atoms with E-state index in [4.69, 9.17) is 10.5 Å². The van der Waals surface area contributed by atoms with Gasteiger partial charge in [-0.05, 0) is 37.5 Å². The van der Waals surface area contributed by atoms with E-state index in [0.717, 1.165) is 25.7 Å². The normalized spacial score (nSPS) is 15.4. The maximum atomic E-state index is 12.3. The van der Waals surface area contributed by atoms with Gasteiger partial charge >= 0.3 is 5.97 Å². The molecule has 3 nitrogen and oxygen atoms in total. The van der Waals surface area contributed by atoms with Crippen LogP contribution in [0.15, 0.2) is 0 Å². The minimum absolute atomic E-state index is 0.111. The average molecular weight is 271 g/mol. The zero-order valence-electron chi connectivity index (χ0n) is 13.7. The highest BCUT2D eigenvalue weighted by molar-refractivity contribution is 5.77. The molecule has 0 radical (unpaired) electrons. The SMILES string of the molecule is CCOC(=O)C(CN)(CCCC(C)(C)C)CC(C)C. The molecule has 1 unspecified atom stereocenters. The number of esters is 1. The fourth-order valence-corrected chi connectivity index (χ4v) is 2.58. The van der Waals surface area contributed by atoms with Crippen LogP contribution in [0.4, 0.5) is 0 Å². The monoisotopic (exact) mass is 271 g/mol. The molecule has 0 spiro atoms. The number of nitrogens with two attached hydrogens (primary N) is 1. The molecule has 0 aromatic rings. The molecule has 0 aromatic heterocycles. The van der Waals surface area contributed by atoms with Crippen molar-refractivity contribution in [2.24, 2.45) is 22.5 Å². The van der Waals surface area contributed by atoms with Crippen molar-refractivity contribution in [3.63, 3.8) is 0 Å². The molecule has 0 aliphatic carbocycles. The predicted molar refractivity (Wildman–Crippen MR) is 80.9 cm³/mol. The number of carbonyl (C=O) groups excluding carboxylic acids is 1. The van der Waals surface area contributed by atoms with Crippen LogP contribution in [0, 0.1) is 16.7 Å². The molecule has 0 saturated heterocycles. The first-order chi connectivity index (χ1) is 8.67. The van der Waals surface area contributed by atoms with Gasteiger partial charge in [0.25, 0.3) is 0 Å². The molecule has 114 valence electrons. The summed E-state index contributed by atoms with van der Waals surface area (Å²) in [6.07, 6.45) is 3.77. The van der Waals surface area contributed by atoms with Crippen LogP contribution in [0.5, 0.6) is 0 Å². The highest BCUT2D eigenvalue weighted by Gasteiger charge is 2.38. The third kappa shape index (κ3) is 6.95. The van der Waals surface area contributed by atoms with Crippen molar-refractivity contribution in [2.75, 3.05) is 13.2 Å². The van der Waals surface area contributed by atoms with Gasteiger partial charge in [-0.25, -0.2) is 0 Å². The minimum atomic E-state index is -0.491. The van der Waals surface area contributed by atoms with Gasteiger partial charge in [-0.15, -0.1) is 0 Å². The van der Waals surface area contributed by atoms with Gasteiger partial charge in [0.2, 0.25) is 0 Å². The van der Waals surface area contributed by atoms with Crippen molar-refractivity contribution < 1.29 is 9.53 Å². The molecule has 0 aliphatic heterocycles. The Labute approximate surface area is 119 Å². The Morgan fingerprint density at radius 1 is 1.21 bits per heavy atom. The molecule has 0 saturated carbocycles. The van der Waals surface area contributed by atoms with Gasteiger partial charge in [-0.3, -0.25) is 4.79 Å². The zero-order chi connectivity index (χ0) is 15.1. The van der Waals surface area contributed by atoms with Gasteiger partial charge in [0.15, 0.2) is 0 Å². The standard InChI is InChI=1S/C16H33NO2/c1-7-19-14(18)16(12-17,11-13(2)3)10-8-9-15(4,5)6/h13H,7-12,17H2,1-6H3. The second-order valence-corrected chi connectivity index (χ2v) is 7.22. The largest absolute Gasteiger partial charge is 0.466 e. The summed E-state index contributed by atoms with van der Waals surface area (Å²) < 4.78 is 5.26. The molecule has 3 heteroatoms. The van der Waals surface area contributed by atoms with E-state index < -0.39 is 5.41 Å². The van der Waals surface area contributed by atoms with E-state index >= 15 is 0 Å². The van der Waals surface area contributed by atoms with Crippen LogP contribution in [0.3, 0.4) is 0 Å². The Morgan fingerprint density at radius 3 is 2.16 bits per heavy atom. The molecular weight excluding hydrogens is 238 g/mol.